The van der Waals surface area contributed by atoms with Crippen LogP contribution in [0.3, 0.4) is 0 Å². The molecule has 1 heterocycles. The molecule has 0 aliphatic carbocycles. The van der Waals surface area contributed by atoms with Gasteiger partial charge >= 0.3 is 0 Å². The molecule has 1 amide bonds. The number of carbonyl (C=O) groups is 1. The molecular weight excluding hydrogens is 355 g/mol. The first-order chi connectivity index (χ1) is 12.9. The van der Waals surface area contributed by atoms with E-state index in [1.165, 1.54) is 24.3 Å². The van der Waals surface area contributed by atoms with Crippen LogP contribution in [0.5, 0.6) is 5.75 Å². The third-order valence-electron chi connectivity index (χ3n) is 3.92. The summed E-state index contributed by atoms with van der Waals surface area (Å²) in [7, 11) is 0. The Bertz CT molecular complexity index is 823. The van der Waals surface area contributed by atoms with Crippen LogP contribution in [0.1, 0.15) is 41.1 Å². The lowest BCUT2D eigenvalue weighted by Gasteiger charge is -2.13. The third-order valence-corrected chi connectivity index (χ3v) is 3.92. The van der Waals surface area contributed by atoms with E-state index in [9.17, 15) is 19.1 Å². The number of aliphatic hydroxyl groups is 1. The van der Waals surface area contributed by atoms with E-state index >= 15 is 0 Å². The summed E-state index contributed by atoms with van der Waals surface area (Å²) in [6.07, 6.45) is 0.600. The maximum atomic E-state index is 12.9. The monoisotopic (exact) mass is 378 g/mol. The van der Waals surface area contributed by atoms with Gasteiger partial charge in [0.25, 0.3) is 11.5 Å². The van der Waals surface area contributed by atoms with E-state index in [4.69, 9.17) is 5.11 Å². The number of nitrogens with zero attached hydrogens (tertiary/aromatic N) is 1. The van der Waals surface area contributed by atoms with Gasteiger partial charge in [0.15, 0.2) is 5.69 Å². The van der Waals surface area contributed by atoms with E-state index in [-0.39, 0.29) is 36.4 Å². The molecule has 27 heavy (non-hydrogen) atoms. The molecule has 9 heteroatoms. The second kappa shape index (κ2) is 9.79. The fraction of sp³-hybridized carbons (Fsp3) is 0.389. The molecular formula is C18H23FN4O4. The average Bonchev–Trinajstić information content (AvgIpc) is 2.66. The summed E-state index contributed by atoms with van der Waals surface area (Å²) in [6, 6.07) is 5.58. The van der Waals surface area contributed by atoms with Gasteiger partial charge in [0.05, 0.1) is 0 Å². The zero-order valence-electron chi connectivity index (χ0n) is 15.0. The van der Waals surface area contributed by atoms with Crippen LogP contribution in [0.25, 0.3) is 0 Å². The van der Waals surface area contributed by atoms with E-state index in [1.54, 1.807) is 0 Å². The Balaban J connectivity index is 2.08. The van der Waals surface area contributed by atoms with Gasteiger partial charge in [-0.2, -0.15) is 0 Å². The number of aromatic amines is 1. The van der Waals surface area contributed by atoms with Gasteiger partial charge in [-0.25, -0.2) is 9.37 Å². The van der Waals surface area contributed by atoms with Gasteiger partial charge in [0.1, 0.15) is 11.6 Å². The Morgan fingerprint density at radius 2 is 2.04 bits per heavy atom. The van der Waals surface area contributed by atoms with E-state index in [1.807, 2.05) is 6.92 Å². The number of H-pyrrole nitrogens is 1. The van der Waals surface area contributed by atoms with Crippen molar-refractivity contribution in [3.63, 3.8) is 0 Å². The first-order valence-electron chi connectivity index (χ1n) is 8.59. The molecule has 0 aliphatic heterocycles. The van der Waals surface area contributed by atoms with Gasteiger partial charge in [0.2, 0.25) is 5.75 Å². The molecule has 1 aromatic carbocycles. The topological polar surface area (TPSA) is 127 Å². The number of halogens is 1. The second-order valence-electron chi connectivity index (χ2n) is 6.14. The van der Waals surface area contributed by atoms with Gasteiger partial charge in [-0.1, -0.05) is 19.1 Å². The highest BCUT2D eigenvalue weighted by atomic mass is 19.1. The predicted molar refractivity (Wildman–Crippen MR) is 97.1 cm³/mol. The fourth-order valence-electron chi connectivity index (χ4n) is 2.36. The molecule has 0 bridgehead atoms. The van der Waals surface area contributed by atoms with Crippen molar-refractivity contribution in [1.82, 2.24) is 20.6 Å². The second-order valence-corrected chi connectivity index (χ2v) is 6.14. The standard InChI is InChI=1S/C18H23FN4O4/c1-11(9-20-7-2-8-24)16-22-14(15(25)18(27)23-16)17(26)21-10-12-3-5-13(19)6-4-12/h3-6,11,20,24-25H,2,7-10H2,1H3,(H,21,26)(H,22,23,27). The molecule has 0 fully saturated rings. The van der Waals surface area contributed by atoms with Crippen LogP contribution >= 0.6 is 0 Å². The van der Waals surface area contributed by atoms with E-state index in [0.29, 0.717) is 25.1 Å². The first-order valence-corrected chi connectivity index (χ1v) is 8.59. The Kier molecular flexibility index (Phi) is 7.44. The van der Waals surface area contributed by atoms with Crippen molar-refractivity contribution in [2.24, 2.45) is 0 Å². The van der Waals surface area contributed by atoms with Gasteiger partial charge in [-0.3, -0.25) is 9.59 Å². The van der Waals surface area contributed by atoms with Crippen LogP contribution in [0, 0.1) is 5.82 Å². The Morgan fingerprint density at radius 1 is 1.33 bits per heavy atom. The molecule has 1 atom stereocenters. The number of carbonyl (C=O) groups excluding carboxylic acids is 1. The van der Waals surface area contributed by atoms with Crippen molar-refractivity contribution in [3.05, 3.63) is 57.5 Å². The molecule has 1 aromatic heterocycles. The van der Waals surface area contributed by atoms with Crippen LogP contribution < -0.4 is 16.2 Å². The van der Waals surface area contributed by atoms with E-state index < -0.39 is 17.2 Å². The molecule has 0 aliphatic rings. The molecule has 5 N–H and O–H groups in total. The average molecular weight is 378 g/mol. The number of aromatic hydroxyl groups is 1. The Labute approximate surface area is 155 Å². The normalized spacial score (nSPS) is 12.0. The lowest BCUT2D eigenvalue weighted by Crippen LogP contribution is -2.29. The summed E-state index contributed by atoms with van der Waals surface area (Å²) in [5.74, 6) is -1.80. The third kappa shape index (κ3) is 5.87. The van der Waals surface area contributed by atoms with E-state index in [2.05, 4.69) is 20.6 Å². The van der Waals surface area contributed by atoms with Crippen molar-refractivity contribution in [2.75, 3.05) is 19.7 Å². The van der Waals surface area contributed by atoms with Crippen LogP contribution in [0.4, 0.5) is 4.39 Å². The number of aliphatic hydroxyl groups excluding tert-OH is 1. The largest absolute Gasteiger partial charge is 0.501 e. The van der Waals surface area contributed by atoms with Crippen molar-refractivity contribution in [3.8, 4) is 5.75 Å². The van der Waals surface area contributed by atoms with Crippen LogP contribution in [0.2, 0.25) is 0 Å². The summed E-state index contributed by atoms with van der Waals surface area (Å²) in [5.41, 5.74) is -0.497. The molecule has 0 spiro atoms. The number of benzene rings is 1. The quantitative estimate of drug-likeness (QED) is 0.407. The highest BCUT2D eigenvalue weighted by Crippen LogP contribution is 2.14. The smallest absolute Gasteiger partial charge is 0.293 e. The Hall–Kier alpha value is -2.78. The minimum Gasteiger partial charge on any atom is -0.501 e. The molecule has 0 radical (unpaired) electrons. The zero-order valence-corrected chi connectivity index (χ0v) is 15.0. The number of rotatable bonds is 9. The molecule has 2 rings (SSSR count). The summed E-state index contributed by atoms with van der Waals surface area (Å²) in [5, 5.41) is 24.3. The van der Waals surface area contributed by atoms with Gasteiger partial charge in [0, 0.05) is 25.6 Å². The summed E-state index contributed by atoms with van der Waals surface area (Å²) >= 11 is 0. The first kappa shape index (κ1) is 20.5. The number of aromatic nitrogens is 2. The molecule has 146 valence electrons. The number of hydrogen-bond acceptors (Lipinski definition) is 6. The molecule has 8 nitrogen and oxygen atoms in total. The van der Waals surface area contributed by atoms with Gasteiger partial charge in [-0.05, 0) is 30.7 Å². The van der Waals surface area contributed by atoms with Crippen LogP contribution in [0.15, 0.2) is 29.1 Å². The number of hydrogen-bond donors (Lipinski definition) is 5. The lowest BCUT2D eigenvalue weighted by atomic mass is 10.1. The predicted octanol–water partition coefficient (Wildman–Crippen LogP) is 0.620. The van der Waals surface area contributed by atoms with Crippen molar-refractivity contribution in [2.45, 2.75) is 25.8 Å². The minimum absolute atomic E-state index is 0.0774. The van der Waals surface area contributed by atoms with Crippen LogP contribution in [-0.2, 0) is 6.54 Å². The number of nitrogens with one attached hydrogen (secondary N) is 3. The summed E-state index contributed by atoms with van der Waals surface area (Å²) in [6.45, 7) is 3.06. The van der Waals surface area contributed by atoms with Crippen LogP contribution in [-0.4, -0.2) is 45.8 Å². The Morgan fingerprint density at radius 3 is 2.70 bits per heavy atom. The molecule has 2 aromatic rings. The fourth-order valence-corrected chi connectivity index (χ4v) is 2.36. The summed E-state index contributed by atoms with van der Waals surface area (Å²) in [4.78, 5) is 30.8. The van der Waals surface area contributed by atoms with Crippen molar-refractivity contribution < 1.29 is 19.4 Å². The van der Waals surface area contributed by atoms with Crippen molar-refractivity contribution >= 4 is 5.91 Å². The highest BCUT2D eigenvalue weighted by molar-refractivity contribution is 5.94. The number of amides is 1. The molecule has 0 saturated carbocycles. The maximum absolute atomic E-state index is 12.9. The zero-order chi connectivity index (χ0) is 19.8. The minimum atomic E-state index is -0.797. The highest BCUT2D eigenvalue weighted by Gasteiger charge is 2.20. The van der Waals surface area contributed by atoms with Gasteiger partial charge < -0.3 is 25.8 Å². The van der Waals surface area contributed by atoms with Gasteiger partial charge in [-0.15, -0.1) is 0 Å². The molecule has 1 unspecified atom stereocenters. The van der Waals surface area contributed by atoms with E-state index in [0.717, 1.165) is 0 Å². The SMILES string of the molecule is CC(CNCCCO)c1nc(C(=O)NCc2ccc(F)cc2)c(O)c(=O)[nH]1. The lowest BCUT2D eigenvalue weighted by molar-refractivity contribution is 0.0942. The van der Waals surface area contributed by atoms with Crippen molar-refractivity contribution in [1.29, 1.82) is 0 Å². The summed E-state index contributed by atoms with van der Waals surface area (Å²) < 4.78 is 12.9. The molecule has 0 saturated heterocycles. The maximum Gasteiger partial charge on any atom is 0.293 e.